The van der Waals surface area contributed by atoms with Gasteiger partial charge in [-0.15, -0.1) is 0 Å². The average molecular weight is 327 g/mol. The molecule has 1 heterocycles. The van der Waals surface area contributed by atoms with Crippen LogP contribution in [0.15, 0.2) is 27.7 Å². The molecule has 1 aromatic carbocycles. The SMILES string of the molecule is CN=C1NC2(CCc3cccc(Br)c3C2)C(O)(O)O1. The first-order chi connectivity index (χ1) is 8.97. The minimum Gasteiger partial charge on any atom is -0.406 e. The molecule has 1 aromatic rings. The number of hydrogen-bond acceptors (Lipinski definition) is 4. The smallest absolute Gasteiger partial charge is 0.349 e. The van der Waals surface area contributed by atoms with Crippen LogP contribution < -0.4 is 5.32 Å². The Hall–Kier alpha value is -1.11. The summed E-state index contributed by atoms with van der Waals surface area (Å²) < 4.78 is 6.06. The van der Waals surface area contributed by atoms with Gasteiger partial charge in [0.2, 0.25) is 0 Å². The Morgan fingerprint density at radius 3 is 2.89 bits per heavy atom. The number of hydrogen-bond donors (Lipinski definition) is 3. The van der Waals surface area contributed by atoms with Gasteiger partial charge in [-0.25, -0.2) is 4.99 Å². The first-order valence-electron chi connectivity index (χ1n) is 6.12. The summed E-state index contributed by atoms with van der Waals surface area (Å²) >= 11 is 3.52. The van der Waals surface area contributed by atoms with E-state index >= 15 is 0 Å². The number of nitrogens with zero attached hydrogens (tertiary/aromatic N) is 1. The van der Waals surface area contributed by atoms with E-state index in [1.165, 1.54) is 5.56 Å². The third kappa shape index (κ3) is 1.86. The lowest BCUT2D eigenvalue weighted by Crippen LogP contribution is -2.60. The number of aryl methyl sites for hydroxylation is 1. The van der Waals surface area contributed by atoms with Crippen molar-refractivity contribution in [2.75, 3.05) is 7.05 Å². The van der Waals surface area contributed by atoms with Crippen LogP contribution in [0.3, 0.4) is 0 Å². The van der Waals surface area contributed by atoms with E-state index in [1.54, 1.807) is 7.05 Å². The van der Waals surface area contributed by atoms with Crippen molar-refractivity contribution < 1.29 is 14.9 Å². The highest BCUT2D eigenvalue weighted by Crippen LogP contribution is 2.41. The number of aliphatic imine (C=N–C) groups is 1. The molecule has 2 aliphatic rings. The zero-order valence-corrected chi connectivity index (χ0v) is 12.1. The van der Waals surface area contributed by atoms with Crippen molar-refractivity contribution in [1.29, 1.82) is 0 Å². The van der Waals surface area contributed by atoms with Gasteiger partial charge in [0.05, 0.1) is 0 Å². The highest BCUT2D eigenvalue weighted by Gasteiger charge is 2.59. The van der Waals surface area contributed by atoms with Crippen molar-refractivity contribution in [2.24, 2.45) is 4.99 Å². The molecule has 1 unspecified atom stereocenters. The number of amidine groups is 1. The molecule has 0 radical (unpaired) electrons. The Morgan fingerprint density at radius 1 is 1.42 bits per heavy atom. The Kier molecular flexibility index (Phi) is 2.85. The summed E-state index contributed by atoms with van der Waals surface area (Å²) in [5, 5.41) is 23.3. The standard InChI is InChI=1S/C13H15BrN2O3/c1-15-11-16-12(13(17,18)19-11)6-5-8-3-2-4-10(14)9(8)7-12/h2-4,17-18H,5-7H2,1H3,(H,15,16). The van der Waals surface area contributed by atoms with E-state index in [2.05, 4.69) is 32.3 Å². The Labute approximate surface area is 119 Å². The number of halogens is 1. The summed E-state index contributed by atoms with van der Waals surface area (Å²) in [5.74, 6) is -2.24. The molecule has 1 saturated heterocycles. The molecule has 3 rings (SSSR count). The molecule has 5 nitrogen and oxygen atoms in total. The summed E-state index contributed by atoms with van der Waals surface area (Å²) in [6, 6.07) is 6.18. The fourth-order valence-electron chi connectivity index (χ4n) is 2.80. The normalized spacial score (nSPS) is 30.0. The Balaban J connectivity index is 2.03. The predicted octanol–water partition coefficient (Wildman–Crippen LogP) is 0.921. The monoisotopic (exact) mass is 326 g/mol. The summed E-state index contributed by atoms with van der Waals surface area (Å²) in [6.45, 7) is 0. The molecule has 0 aromatic heterocycles. The van der Waals surface area contributed by atoms with E-state index in [0.29, 0.717) is 12.8 Å². The van der Waals surface area contributed by atoms with E-state index < -0.39 is 11.5 Å². The summed E-state index contributed by atoms with van der Waals surface area (Å²) in [6.07, 6.45) is 1.79. The second-order valence-electron chi connectivity index (χ2n) is 5.00. The number of aliphatic hydroxyl groups is 2. The second-order valence-corrected chi connectivity index (χ2v) is 5.85. The molecule has 0 amide bonds. The molecule has 19 heavy (non-hydrogen) atoms. The van der Waals surface area contributed by atoms with Gasteiger partial charge in [0.1, 0.15) is 5.54 Å². The van der Waals surface area contributed by atoms with E-state index in [-0.39, 0.29) is 6.02 Å². The van der Waals surface area contributed by atoms with Gasteiger partial charge in [0.15, 0.2) is 0 Å². The molecule has 0 saturated carbocycles. The van der Waals surface area contributed by atoms with E-state index in [4.69, 9.17) is 4.74 Å². The zero-order valence-electron chi connectivity index (χ0n) is 10.5. The molecule has 102 valence electrons. The molecule has 1 aliphatic heterocycles. The van der Waals surface area contributed by atoms with Crippen LogP contribution in [0.25, 0.3) is 0 Å². The zero-order chi connectivity index (χ0) is 13.7. The third-order valence-corrected chi connectivity index (χ3v) is 4.67. The number of ether oxygens (including phenoxy) is 1. The van der Waals surface area contributed by atoms with Gasteiger partial charge in [0.25, 0.3) is 6.02 Å². The molecular formula is C13H15BrN2O3. The molecule has 0 bridgehead atoms. The van der Waals surface area contributed by atoms with Gasteiger partial charge in [-0.1, -0.05) is 28.1 Å². The van der Waals surface area contributed by atoms with Crippen molar-refractivity contribution in [3.63, 3.8) is 0 Å². The van der Waals surface area contributed by atoms with Crippen molar-refractivity contribution in [3.05, 3.63) is 33.8 Å². The Morgan fingerprint density at radius 2 is 2.21 bits per heavy atom. The average Bonchev–Trinajstić information content (AvgIpc) is 2.62. The van der Waals surface area contributed by atoms with Gasteiger partial charge >= 0.3 is 5.97 Å². The maximum Gasteiger partial charge on any atom is 0.349 e. The van der Waals surface area contributed by atoms with Crippen molar-refractivity contribution in [3.8, 4) is 0 Å². The van der Waals surface area contributed by atoms with E-state index in [0.717, 1.165) is 16.5 Å². The molecule has 6 heteroatoms. The van der Waals surface area contributed by atoms with Crippen LogP contribution in [-0.4, -0.2) is 34.8 Å². The fourth-order valence-corrected chi connectivity index (χ4v) is 3.35. The fraction of sp³-hybridized carbons (Fsp3) is 0.462. The number of fused-ring (bicyclic) bond motifs is 1. The Bertz CT molecular complexity index is 559. The van der Waals surface area contributed by atoms with Gasteiger partial charge in [-0.2, -0.15) is 0 Å². The molecular weight excluding hydrogens is 312 g/mol. The van der Waals surface area contributed by atoms with Crippen molar-refractivity contribution in [1.82, 2.24) is 5.32 Å². The van der Waals surface area contributed by atoms with Crippen LogP contribution in [0.1, 0.15) is 17.5 Å². The van der Waals surface area contributed by atoms with Crippen LogP contribution in [0.4, 0.5) is 0 Å². The third-order valence-electron chi connectivity index (χ3n) is 3.93. The van der Waals surface area contributed by atoms with Gasteiger partial charge < -0.3 is 20.3 Å². The first-order valence-corrected chi connectivity index (χ1v) is 6.92. The van der Waals surface area contributed by atoms with Crippen LogP contribution in [-0.2, 0) is 17.6 Å². The van der Waals surface area contributed by atoms with Gasteiger partial charge in [-0.05, 0) is 30.0 Å². The lowest BCUT2D eigenvalue weighted by molar-refractivity contribution is -0.323. The highest BCUT2D eigenvalue weighted by molar-refractivity contribution is 9.10. The maximum absolute atomic E-state index is 10.2. The number of rotatable bonds is 0. The topological polar surface area (TPSA) is 74.1 Å². The lowest BCUT2D eigenvalue weighted by Gasteiger charge is -2.38. The largest absolute Gasteiger partial charge is 0.406 e. The lowest BCUT2D eigenvalue weighted by atomic mass is 9.76. The van der Waals surface area contributed by atoms with E-state index in [9.17, 15) is 10.2 Å². The van der Waals surface area contributed by atoms with Crippen LogP contribution in [0, 0.1) is 0 Å². The quantitative estimate of drug-likeness (QED) is 0.620. The summed E-state index contributed by atoms with van der Waals surface area (Å²) in [5.41, 5.74) is 1.35. The molecule has 3 N–H and O–H groups in total. The van der Waals surface area contributed by atoms with E-state index in [1.807, 2.05) is 12.1 Å². The van der Waals surface area contributed by atoms with Crippen LogP contribution in [0.5, 0.6) is 0 Å². The minimum absolute atomic E-state index is 0.167. The minimum atomic E-state index is -2.24. The molecule has 1 aliphatic carbocycles. The molecule has 1 spiro atoms. The van der Waals surface area contributed by atoms with Crippen LogP contribution in [0.2, 0.25) is 0 Å². The number of benzene rings is 1. The summed E-state index contributed by atoms with van der Waals surface area (Å²) in [7, 11) is 1.55. The molecule has 1 fully saturated rings. The predicted molar refractivity (Wildman–Crippen MR) is 73.6 cm³/mol. The van der Waals surface area contributed by atoms with Gasteiger partial charge in [-0.3, -0.25) is 0 Å². The summed E-state index contributed by atoms with van der Waals surface area (Å²) in [4.78, 5) is 3.86. The van der Waals surface area contributed by atoms with Crippen molar-refractivity contribution in [2.45, 2.75) is 30.8 Å². The first kappa shape index (κ1) is 12.9. The maximum atomic E-state index is 10.2. The second kappa shape index (κ2) is 4.19. The van der Waals surface area contributed by atoms with Crippen LogP contribution >= 0.6 is 15.9 Å². The molecule has 1 atom stereocenters. The number of nitrogens with one attached hydrogen (secondary N) is 1. The van der Waals surface area contributed by atoms with Gasteiger partial charge in [0, 0.05) is 17.9 Å². The highest BCUT2D eigenvalue weighted by atomic mass is 79.9. The van der Waals surface area contributed by atoms with Crippen molar-refractivity contribution >= 4 is 22.0 Å².